The molecule has 0 saturated carbocycles. The second kappa shape index (κ2) is 6.53. The molecule has 4 heteroatoms. The van der Waals surface area contributed by atoms with Crippen LogP contribution >= 0.6 is 0 Å². The smallest absolute Gasteiger partial charge is 0.166 e. The topological polar surface area (TPSA) is 38.8 Å². The molecule has 2 heterocycles. The summed E-state index contributed by atoms with van der Waals surface area (Å²) in [6, 6.07) is 5.53. The van der Waals surface area contributed by atoms with Crippen molar-refractivity contribution in [3.05, 3.63) is 35.9 Å². The van der Waals surface area contributed by atoms with Crippen molar-refractivity contribution in [2.45, 2.75) is 19.8 Å². The van der Waals surface area contributed by atoms with Gasteiger partial charge in [-0.1, -0.05) is 12.2 Å². The molecule has 22 heavy (non-hydrogen) atoms. The van der Waals surface area contributed by atoms with E-state index in [2.05, 4.69) is 11.5 Å². The zero-order valence-corrected chi connectivity index (χ0v) is 13.1. The van der Waals surface area contributed by atoms with Gasteiger partial charge >= 0.3 is 0 Å². The number of carbonyl (C=O) groups excluding carboxylic acids is 1. The third kappa shape index (κ3) is 3.33. The first-order valence-corrected chi connectivity index (χ1v) is 7.94. The maximum atomic E-state index is 12.7. The van der Waals surface area contributed by atoms with Gasteiger partial charge in [0.05, 0.1) is 0 Å². The Hall–Kier alpha value is -1.81. The minimum Gasteiger partial charge on any atom is -0.486 e. The number of Topliss-reactive ketones (excluding diaryl/α,β-unsaturated/α-hetero) is 1. The summed E-state index contributed by atoms with van der Waals surface area (Å²) < 4.78 is 11.1. The number of rotatable bonds is 4. The minimum absolute atomic E-state index is 0.115. The van der Waals surface area contributed by atoms with Crippen LogP contribution in [-0.2, 0) is 0 Å². The van der Waals surface area contributed by atoms with Gasteiger partial charge in [-0.2, -0.15) is 0 Å². The quantitative estimate of drug-likeness (QED) is 0.633. The lowest BCUT2D eigenvalue weighted by atomic mass is 9.88. The summed E-state index contributed by atoms with van der Waals surface area (Å²) in [5.74, 6) is 1.77. The predicted octanol–water partition coefficient (Wildman–Crippen LogP) is 2.93. The molecule has 0 amide bonds. The second-order valence-corrected chi connectivity index (χ2v) is 6.23. The van der Waals surface area contributed by atoms with E-state index < -0.39 is 0 Å². The Morgan fingerprint density at radius 3 is 2.59 bits per heavy atom. The molecule has 0 spiro atoms. The number of ketones is 1. The summed E-state index contributed by atoms with van der Waals surface area (Å²) in [4.78, 5) is 15.1. The highest BCUT2D eigenvalue weighted by atomic mass is 16.6. The third-order valence-electron chi connectivity index (χ3n) is 4.28. The molecule has 118 valence electrons. The van der Waals surface area contributed by atoms with Crippen LogP contribution in [0.1, 0.15) is 30.1 Å². The molecular formula is C18H23NO3. The summed E-state index contributed by atoms with van der Waals surface area (Å²) in [6.45, 7) is 9.99. The SMILES string of the molecule is C=C(C)CN1CCC(C(=O)c2ccc3c(c2)OCCO3)CC1. The van der Waals surface area contributed by atoms with Crippen LogP contribution in [-0.4, -0.2) is 43.5 Å². The van der Waals surface area contributed by atoms with Crippen molar-refractivity contribution in [3.63, 3.8) is 0 Å². The van der Waals surface area contributed by atoms with Gasteiger partial charge in [-0.15, -0.1) is 0 Å². The average molecular weight is 301 g/mol. The number of piperidine rings is 1. The largest absolute Gasteiger partial charge is 0.486 e. The summed E-state index contributed by atoms with van der Waals surface area (Å²) in [7, 11) is 0. The molecule has 1 fully saturated rings. The Bertz CT molecular complexity index is 574. The van der Waals surface area contributed by atoms with Gasteiger partial charge in [0.25, 0.3) is 0 Å². The zero-order valence-electron chi connectivity index (χ0n) is 13.1. The third-order valence-corrected chi connectivity index (χ3v) is 4.28. The molecule has 4 nitrogen and oxygen atoms in total. The highest BCUT2D eigenvalue weighted by Gasteiger charge is 2.26. The zero-order chi connectivity index (χ0) is 15.5. The van der Waals surface area contributed by atoms with E-state index in [0.717, 1.165) is 43.8 Å². The maximum absolute atomic E-state index is 12.7. The first kappa shape index (κ1) is 15.1. The van der Waals surface area contributed by atoms with E-state index in [4.69, 9.17) is 9.47 Å². The fourth-order valence-electron chi connectivity index (χ4n) is 3.17. The molecule has 1 aromatic carbocycles. The van der Waals surface area contributed by atoms with Crippen LogP contribution in [0.5, 0.6) is 11.5 Å². The first-order chi connectivity index (χ1) is 10.6. The molecular weight excluding hydrogens is 278 g/mol. The lowest BCUT2D eigenvalue weighted by molar-refractivity contribution is 0.0846. The van der Waals surface area contributed by atoms with Gasteiger partial charge in [0, 0.05) is 18.0 Å². The molecule has 3 rings (SSSR count). The van der Waals surface area contributed by atoms with Crippen LogP contribution in [0.3, 0.4) is 0 Å². The fraction of sp³-hybridized carbons (Fsp3) is 0.500. The lowest BCUT2D eigenvalue weighted by Crippen LogP contribution is -2.37. The van der Waals surface area contributed by atoms with E-state index in [1.54, 1.807) is 0 Å². The van der Waals surface area contributed by atoms with Gasteiger partial charge in [0.2, 0.25) is 0 Å². The number of fused-ring (bicyclic) bond motifs is 1. The normalized spacial score (nSPS) is 19.0. The standard InChI is InChI=1S/C18H23NO3/c1-13(2)12-19-7-5-14(6-8-19)18(20)15-3-4-16-17(11-15)22-10-9-21-16/h3-4,11,14H,1,5-10,12H2,2H3. The van der Waals surface area contributed by atoms with Crippen molar-refractivity contribution >= 4 is 5.78 Å². The van der Waals surface area contributed by atoms with Crippen LogP contribution in [0.4, 0.5) is 0 Å². The molecule has 1 aromatic rings. The average Bonchev–Trinajstić information content (AvgIpc) is 2.54. The molecule has 0 radical (unpaired) electrons. The van der Waals surface area contributed by atoms with E-state index in [9.17, 15) is 4.79 Å². The molecule has 2 aliphatic rings. The Kier molecular flexibility index (Phi) is 4.48. The van der Waals surface area contributed by atoms with Crippen molar-refractivity contribution in [1.29, 1.82) is 0 Å². The molecule has 0 N–H and O–H groups in total. The maximum Gasteiger partial charge on any atom is 0.166 e. The van der Waals surface area contributed by atoms with Crippen LogP contribution < -0.4 is 9.47 Å². The fourth-order valence-corrected chi connectivity index (χ4v) is 3.17. The van der Waals surface area contributed by atoms with Gasteiger partial charge in [-0.3, -0.25) is 9.69 Å². The number of nitrogens with zero attached hydrogens (tertiary/aromatic N) is 1. The molecule has 1 saturated heterocycles. The van der Waals surface area contributed by atoms with Crippen LogP contribution in [0.2, 0.25) is 0 Å². The van der Waals surface area contributed by atoms with Crippen molar-refractivity contribution in [3.8, 4) is 11.5 Å². The number of benzene rings is 1. The summed E-state index contributed by atoms with van der Waals surface area (Å²) >= 11 is 0. The van der Waals surface area contributed by atoms with E-state index in [-0.39, 0.29) is 11.7 Å². The van der Waals surface area contributed by atoms with E-state index in [1.165, 1.54) is 5.57 Å². The van der Waals surface area contributed by atoms with E-state index in [0.29, 0.717) is 19.0 Å². The molecule has 0 atom stereocenters. The monoisotopic (exact) mass is 301 g/mol. The van der Waals surface area contributed by atoms with Crippen LogP contribution in [0, 0.1) is 5.92 Å². The van der Waals surface area contributed by atoms with Crippen molar-refractivity contribution in [2.75, 3.05) is 32.8 Å². The Morgan fingerprint density at radius 1 is 1.23 bits per heavy atom. The molecule has 0 aliphatic carbocycles. The summed E-state index contributed by atoms with van der Waals surface area (Å²) in [6.07, 6.45) is 1.83. The molecule has 0 bridgehead atoms. The first-order valence-electron chi connectivity index (χ1n) is 7.94. The van der Waals surface area contributed by atoms with Gasteiger partial charge in [0.1, 0.15) is 13.2 Å². The minimum atomic E-state index is 0.115. The van der Waals surface area contributed by atoms with Crippen molar-refractivity contribution < 1.29 is 14.3 Å². The predicted molar refractivity (Wildman–Crippen MR) is 85.7 cm³/mol. The Balaban J connectivity index is 1.64. The number of hydrogen-bond donors (Lipinski definition) is 0. The summed E-state index contributed by atoms with van der Waals surface area (Å²) in [5.41, 5.74) is 1.92. The number of likely N-dealkylation sites (tertiary alicyclic amines) is 1. The highest BCUT2D eigenvalue weighted by Crippen LogP contribution is 2.32. The van der Waals surface area contributed by atoms with Crippen molar-refractivity contribution in [1.82, 2.24) is 4.90 Å². The second-order valence-electron chi connectivity index (χ2n) is 6.23. The number of hydrogen-bond acceptors (Lipinski definition) is 4. The van der Waals surface area contributed by atoms with Crippen molar-refractivity contribution in [2.24, 2.45) is 5.92 Å². The highest BCUT2D eigenvalue weighted by molar-refractivity contribution is 5.98. The van der Waals surface area contributed by atoms with E-state index in [1.807, 2.05) is 25.1 Å². The van der Waals surface area contributed by atoms with Gasteiger partial charge in [0.15, 0.2) is 17.3 Å². The number of carbonyl (C=O) groups is 1. The van der Waals surface area contributed by atoms with Crippen LogP contribution in [0.15, 0.2) is 30.4 Å². The summed E-state index contributed by atoms with van der Waals surface area (Å²) in [5, 5.41) is 0. The van der Waals surface area contributed by atoms with Gasteiger partial charge in [-0.05, 0) is 51.1 Å². The van der Waals surface area contributed by atoms with Crippen LogP contribution in [0.25, 0.3) is 0 Å². The van der Waals surface area contributed by atoms with E-state index >= 15 is 0 Å². The Labute approximate surface area is 131 Å². The lowest BCUT2D eigenvalue weighted by Gasteiger charge is -2.31. The van der Waals surface area contributed by atoms with Gasteiger partial charge in [-0.25, -0.2) is 0 Å². The molecule has 0 aromatic heterocycles. The Morgan fingerprint density at radius 2 is 1.91 bits per heavy atom. The number of ether oxygens (including phenoxy) is 2. The molecule has 0 unspecified atom stereocenters. The van der Waals surface area contributed by atoms with Gasteiger partial charge < -0.3 is 9.47 Å². The molecule has 2 aliphatic heterocycles.